The van der Waals surface area contributed by atoms with Gasteiger partial charge in [0, 0.05) is 18.6 Å². The molecular weight excluding hydrogens is 355 g/mol. The maximum absolute atomic E-state index is 5.34. The molecule has 0 unspecified atom stereocenters. The lowest BCUT2D eigenvalue weighted by molar-refractivity contribution is 0.415. The molecule has 3 aromatic carbocycles. The molecule has 0 saturated carbocycles. The van der Waals surface area contributed by atoms with Crippen molar-refractivity contribution in [2.75, 3.05) is 14.2 Å². The summed E-state index contributed by atoms with van der Waals surface area (Å²) >= 11 is 0. The van der Waals surface area contributed by atoms with E-state index in [9.17, 15) is 0 Å². The van der Waals surface area contributed by atoms with Crippen molar-refractivity contribution in [1.29, 1.82) is 0 Å². The summed E-state index contributed by atoms with van der Waals surface area (Å²) in [5, 5.41) is 9.62. The van der Waals surface area contributed by atoms with E-state index in [1.54, 1.807) is 14.2 Å². The first-order valence-corrected chi connectivity index (χ1v) is 10.0. The first kappa shape index (κ1) is 17.6. The molecule has 27 heavy (non-hydrogen) atoms. The molecule has 0 spiro atoms. The minimum atomic E-state index is -0.732. The largest absolute Gasteiger partial charge is 0.497 e. The van der Waals surface area contributed by atoms with E-state index in [-0.39, 0.29) is 0 Å². The SMILES string of the molecule is COc1ccc(P(c2ccc(OC)cc2)c2cccc3nn(C)cc23)cc1. The van der Waals surface area contributed by atoms with Crippen molar-refractivity contribution in [2.45, 2.75) is 0 Å². The van der Waals surface area contributed by atoms with Gasteiger partial charge in [-0.1, -0.05) is 36.4 Å². The van der Waals surface area contributed by atoms with Crippen LogP contribution >= 0.6 is 7.92 Å². The molecule has 4 nitrogen and oxygen atoms in total. The Morgan fingerprint density at radius 1 is 0.778 bits per heavy atom. The number of ether oxygens (including phenoxy) is 2. The first-order chi connectivity index (χ1) is 13.2. The molecule has 0 amide bonds. The van der Waals surface area contributed by atoms with Crippen molar-refractivity contribution in [1.82, 2.24) is 9.78 Å². The summed E-state index contributed by atoms with van der Waals surface area (Å²) < 4.78 is 12.6. The minimum absolute atomic E-state index is 0.732. The Balaban J connectivity index is 1.90. The fraction of sp³-hybridized carbons (Fsp3) is 0.136. The molecule has 0 aliphatic carbocycles. The zero-order chi connectivity index (χ0) is 18.8. The quantitative estimate of drug-likeness (QED) is 0.501. The highest BCUT2D eigenvalue weighted by Gasteiger charge is 2.20. The topological polar surface area (TPSA) is 36.3 Å². The van der Waals surface area contributed by atoms with E-state index < -0.39 is 7.92 Å². The summed E-state index contributed by atoms with van der Waals surface area (Å²) in [6, 6.07) is 23.1. The summed E-state index contributed by atoms with van der Waals surface area (Å²) in [7, 11) is 4.62. The molecule has 0 saturated heterocycles. The zero-order valence-corrected chi connectivity index (χ0v) is 16.5. The fourth-order valence-electron chi connectivity index (χ4n) is 3.23. The van der Waals surface area contributed by atoms with E-state index >= 15 is 0 Å². The predicted octanol–water partition coefficient (Wildman–Crippen LogP) is 3.35. The number of methoxy groups -OCH3 is 2. The molecule has 1 aromatic heterocycles. The standard InChI is InChI=1S/C22H21N2O2P/c1-24-15-20-21(23-24)5-4-6-22(20)27(18-11-7-16(25-2)8-12-18)19-13-9-17(26-3)10-14-19/h4-15H,1-3H3. The first-order valence-electron chi connectivity index (χ1n) is 8.70. The van der Waals surface area contributed by atoms with E-state index in [2.05, 4.69) is 53.8 Å². The van der Waals surface area contributed by atoms with Gasteiger partial charge in [-0.05, 0) is 54.2 Å². The molecular formula is C22H21N2O2P. The van der Waals surface area contributed by atoms with Gasteiger partial charge in [-0.2, -0.15) is 5.10 Å². The number of aromatic nitrogens is 2. The van der Waals surface area contributed by atoms with Crippen LogP contribution < -0.4 is 25.4 Å². The van der Waals surface area contributed by atoms with Gasteiger partial charge in [-0.25, -0.2) is 0 Å². The highest BCUT2D eigenvalue weighted by molar-refractivity contribution is 7.80. The van der Waals surface area contributed by atoms with Gasteiger partial charge in [-0.3, -0.25) is 4.68 Å². The molecule has 1 heterocycles. The number of aryl methyl sites for hydroxylation is 1. The Labute approximate surface area is 160 Å². The molecule has 0 aliphatic rings. The number of hydrogen-bond donors (Lipinski definition) is 0. The van der Waals surface area contributed by atoms with Crippen LogP contribution in [0.15, 0.2) is 72.9 Å². The third kappa shape index (κ3) is 3.41. The average Bonchev–Trinajstić information content (AvgIpc) is 3.10. The smallest absolute Gasteiger partial charge is 0.118 e. The Hall–Kier alpha value is -2.84. The molecule has 0 fully saturated rings. The Morgan fingerprint density at radius 2 is 1.33 bits per heavy atom. The van der Waals surface area contributed by atoms with Gasteiger partial charge >= 0.3 is 0 Å². The van der Waals surface area contributed by atoms with Crippen LogP contribution in [0.1, 0.15) is 0 Å². The van der Waals surface area contributed by atoms with Crippen LogP contribution in [-0.4, -0.2) is 24.0 Å². The van der Waals surface area contributed by atoms with Gasteiger partial charge in [0.2, 0.25) is 0 Å². The van der Waals surface area contributed by atoms with Crippen LogP contribution in [0, 0.1) is 0 Å². The molecule has 4 aromatic rings. The van der Waals surface area contributed by atoms with Crippen LogP contribution in [0.2, 0.25) is 0 Å². The fourth-order valence-corrected chi connectivity index (χ4v) is 5.63. The van der Waals surface area contributed by atoms with Crippen LogP contribution in [-0.2, 0) is 7.05 Å². The van der Waals surface area contributed by atoms with Gasteiger partial charge in [0.1, 0.15) is 11.5 Å². The monoisotopic (exact) mass is 376 g/mol. The normalized spacial score (nSPS) is 11.1. The van der Waals surface area contributed by atoms with Crippen LogP contribution in [0.5, 0.6) is 11.5 Å². The molecule has 4 rings (SSSR count). The van der Waals surface area contributed by atoms with Gasteiger partial charge in [0.05, 0.1) is 19.7 Å². The second-order valence-electron chi connectivity index (χ2n) is 6.24. The zero-order valence-electron chi connectivity index (χ0n) is 15.6. The van der Waals surface area contributed by atoms with Crippen LogP contribution in [0.3, 0.4) is 0 Å². The van der Waals surface area contributed by atoms with Crippen molar-refractivity contribution in [2.24, 2.45) is 7.05 Å². The average molecular weight is 376 g/mol. The van der Waals surface area contributed by atoms with Crippen molar-refractivity contribution in [3.05, 3.63) is 72.9 Å². The summed E-state index contributed by atoms with van der Waals surface area (Å²) in [5.74, 6) is 1.73. The summed E-state index contributed by atoms with van der Waals surface area (Å²) in [6.45, 7) is 0. The number of nitrogens with zero attached hydrogens (tertiary/aromatic N) is 2. The van der Waals surface area contributed by atoms with E-state index in [0.29, 0.717) is 0 Å². The second kappa shape index (κ2) is 7.42. The molecule has 5 heteroatoms. The number of hydrogen-bond acceptors (Lipinski definition) is 3. The van der Waals surface area contributed by atoms with E-state index in [1.165, 1.54) is 21.3 Å². The van der Waals surface area contributed by atoms with Crippen molar-refractivity contribution in [3.63, 3.8) is 0 Å². The second-order valence-corrected chi connectivity index (χ2v) is 8.43. The number of fused-ring (bicyclic) bond motifs is 1. The summed E-state index contributed by atoms with van der Waals surface area (Å²) in [6.07, 6.45) is 2.10. The Kier molecular flexibility index (Phi) is 4.83. The molecule has 0 radical (unpaired) electrons. The maximum Gasteiger partial charge on any atom is 0.118 e. The molecule has 0 aliphatic heterocycles. The third-order valence-electron chi connectivity index (χ3n) is 4.54. The minimum Gasteiger partial charge on any atom is -0.497 e. The van der Waals surface area contributed by atoms with Crippen molar-refractivity contribution < 1.29 is 9.47 Å². The highest BCUT2D eigenvalue weighted by Crippen LogP contribution is 2.36. The number of rotatable bonds is 5. The van der Waals surface area contributed by atoms with Crippen LogP contribution in [0.25, 0.3) is 10.9 Å². The molecule has 0 bridgehead atoms. The van der Waals surface area contributed by atoms with Crippen molar-refractivity contribution >= 4 is 34.7 Å². The summed E-state index contributed by atoms with van der Waals surface area (Å²) in [4.78, 5) is 0. The lowest BCUT2D eigenvalue weighted by atomic mass is 10.3. The van der Waals surface area contributed by atoms with E-state index in [1.807, 2.05) is 36.0 Å². The molecule has 136 valence electrons. The number of benzene rings is 3. The van der Waals surface area contributed by atoms with Gasteiger partial charge in [0.15, 0.2) is 0 Å². The predicted molar refractivity (Wildman–Crippen MR) is 113 cm³/mol. The molecule has 0 atom stereocenters. The molecule has 0 N–H and O–H groups in total. The lowest BCUT2D eigenvalue weighted by Crippen LogP contribution is -2.21. The van der Waals surface area contributed by atoms with E-state index in [0.717, 1.165) is 17.0 Å². The highest BCUT2D eigenvalue weighted by atomic mass is 31.1. The lowest BCUT2D eigenvalue weighted by Gasteiger charge is -2.20. The van der Waals surface area contributed by atoms with Crippen molar-refractivity contribution in [3.8, 4) is 11.5 Å². The van der Waals surface area contributed by atoms with Crippen LogP contribution in [0.4, 0.5) is 0 Å². The maximum atomic E-state index is 5.34. The third-order valence-corrected chi connectivity index (χ3v) is 7.04. The van der Waals surface area contributed by atoms with E-state index in [4.69, 9.17) is 9.47 Å². The Morgan fingerprint density at radius 3 is 1.85 bits per heavy atom. The van der Waals surface area contributed by atoms with Gasteiger partial charge in [0.25, 0.3) is 0 Å². The summed E-state index contributed by atoms with van der Waals surface area (Å²) in [5.41, 5.74) is 1.02. The van der Waals surface area contributed by atoms with Gasteiger partial charge < -0.3 is 9.47 Å². The Bertz CT molecular complexity index is 1010. The van der Waals surface area contributed by atoms with Gasteiger partial charge in [-0.15, -0.1) is 0 Å².